The zero-order chi connectivity index (χ0) is 12.3. The minimum atomic E-state index is -0.259. The zero-order valence-electron chi connectivity index (χ0n) is 9.80. The monoisotopic (exact) mass is 284 g/mol. The normalized spacial score (nSPS) is 11.2. The van der Waals surface area contributed by atoms with E-state index in [1.807, 2.05) is 26.0 Å². The van der Waals surface area contributed by atoms with E-state index in [9.17, 15) is 0 Å². The topological polar surface area (TPSA) is 59.1 Å². The number of hydrogen-bond donors (Lipinski definition) is 2. The third kappa shape index (κ3) is 3.23. The fourth-order valence-electron chi connectivity index (χ4n) is 1.17. The molecule has 0 aliphatic carbocycles. The van der Waals surface area contributed by atoms with E-state index >= 15 is 0 Å². The van der Waals surface area contributed by atoms with Crippen LogP contribution in [0.3, 0.4) is 0 Å². The number of benzene rings is 1. The van der Waals surface area contributed by atoms with E-state index < -0.39 is 0 Å². The van der Waals surface area contributed by atoms with Gasteiger partial charge in [-0.2, -0.15) is 0 Å². The summed E-state index contributed by atoms with van der Waals surface area (Å²) in [4.78, 5) is 0. The van der Waals surface area contributed by atoms with Crippen LogP contribution < -0.4 is 10.5 Å². The first-order valence-corrected chi connectivity index (χ1v) is 5.98. The second kappa shape index (κ2) is 4.87. The van der Waals surface area contributed by atoms with Crippen LogP contribution in [-0.2, 0) is 0 Å². The fraction of sp³-hybridized carbons (Fsp3) is 0.417. The molecule has 0 spiro atoms. The number of ether oxygens (including phenoxy) is 1. The third-order valence-corrected chi connectivity index (χ3v) is 2.96. The zero-order valence-corrected chi connectivity index (χ0v) is 11.4. The van der Waals surface area contributed by atoms with Crippen LogP contribution in [0.15, 0.2) is 22.7 Å². The lowest BCUT2D eigenvalue weighted by Gasteiger charge is -2.26. The average molecular weight is 285 g/mol. The lowest BCUT2D eigenvalue weighted by molar-refractivity contribution is 0.105. The molecule has 0 amide bonds. The molecule has 0 atom stereocenters. The van der Waals surface area contributed by atoms with Gasteiger partial charge in [-0.05, 0) is 38.5 Å². The number of nitrogens with two attached hydrogens (primary N) is 1. The predicted octanol–water partition coefficient (Wildman–Crippen LogP) is 3.30. The molecule has 0 aliphatic heterocycles. The molecular weight excluding hydrogens is 268 g/mol. The molecular formula is C12H17BrN2O. The number of nitrogens with one attached hydrogen (secondary N) is 1. The molecule has 1 aromatic rings. The quantitative estimate of drug-likeness (QED) is 0.658. The van der Waals surface area contributed by atoms with Gasteiger partial charge in [0.2, 0.25) is 0 Å². The van der Waals surface area contributed by atoms with Crippen molar-refractivity contribution in [1.29, 1.82) is 5.41 Å². The van der Waals surface area contributed by atoms with Crippen LogP contribution in [0.25, 0.3) is 0 Å². The molecule has 0 aromatic heterocycles. The van der Waals surface area contributed by atoms with Gasteiger partial charge in [0.25, 0.3) is 0 Å². The summed E-state index contributed by atoms with van der Waals surface area (Å²) in [5.41, 5.74) is 5.88. The Hall–Kier alpha value is -1.03. The second-order valence-electron chi connectivity index (χ2n) is 4.27. The molecule has 0 bridgehead atoms. The Labute approximate surface area is 105 Å². The Kier molecular flexibility index (Phi) is 3.97. The highest BCUT2D eigenvalue weighted by Crippen LogP contribution is 2.28. The summed E-state index contributed by atoms with van der Waals surface area (Å²) in [6, 6.07) is 5.48. The number of nitrogen functional groups attached to an aromatic ring is 1. The van der Waals surface area contributed by atoms with Crippen LogP contribution >= 0.6 is 15.9 Å². The number of hydrogen-bond acceptors (Lipinski definition) is 2. The highest BCUT2D eigenvalue weighted by molar-refractivity contribution is 9.10. The van der Waals surface area contributed by atoms with Crippen LogP contribution in [-0.4, -0.2) is 11.4 Å². The standard InChI is InChI=1S/C12H17BrN2O/c1-4-12(2,3)16-10-7-8(13)5-6-9(10)11(14)15/h5-7H,4H2,1-3H3,(H3,14,15). The van der Waals surface area contributed by atoms with Gasteiger partial charge in [-0.1, -0.05) is 22.9 Å². The van der Waals surface area contributed by atoms with E-state index in [1.54, 1.807) is 6.07 Å². The lowest BCUT2D eigenvalue weighted by atomic mass is 10.1. The van der Waals surface area contributed by atoms with Crippen molar-refractivity contribution in [3.05, 3.63) is 28.2 Å². The molecule has 88 valence electrons. The largest absolute Gasteiger partial charge is 0.487 e. The van der Waals surface area contributed by atoms with Gasteiger partial charge in [0.15, 0.2) is 0 Å². The fourth-order valence-corrected chi connectivity index (χ4v) is 1.51. The summed E-state index contributed by atoms with van der Waals surface area (Å²) in [6.45, 7) is 6.08. The van der Waals surface area contributed by atoms with Gasteiger partial charge in [0.05, 0.1) is 5.56 Å². The van der Waals surface area contributed by atoms with Crippen molar-refractivity contribution >= 4 is 21.8 Å². The van der Waals surface area contributed by atoms with Crippen molar-refractivity contribution in [3.8, 4) is 5.75 Å². The van der Waals surface area contributed by atoms with Gasteiger partial charge in [-0.3, -0.25) is 5.41 Å². The van der Waals surface area contributed by atoms with Gasteiger partial charge in [-0.25, -0.2) is 0 Å². The second-order valence-corrected chi connectivity index (χ2v) is 5.19. The highest BCUT2D eigenvalue weighted by Gasteiger charge is 2.19. The van der Waals surface area contributed by atoms with Gasteiger partial charge < -0.3 is 10.5 Å². The van der Waals surface area contributed by atoms with E-state index in [2.05, 4.69) is 22.9 Å². The van der Waals surface area contributed by atoms with E-state index in [1.165, 1.54) is 0 Å². The molecule has 0 radical (unpaired) electrons. The highest BCUT2D eigenvalue weighted by atomic mass is 79.9. The first-order valence-electron chi connectivity index (χ1n) is 5.18. The van der Waals surface area contributed by atoms with E-state index in [-0.39, 0.29) is 11.4 Å². The van der Waals surface area contributed by atoms with E-state index in [0.717, 1.165) is 10.9 Å². The predicted molar refractivity (Wildman–Crippen MR) is 70.2 cm³/mol. The third-order valence-electron chi connectivity index (χ3n) is 2.47. The van der Waals surface area contributed by atoms with Crippen LogP contribution in [0.1, 0.15) is 32.8 Å². The molecule has 0 saturated carbocycles. The van der Waals surface area contributed by atoms with Crippen LogP contribution in [0, 0.1) is 5.41 Å². The molecule has 1 rings (SSSR count). The lowest BCUT2D eigenvalue weighted by Crippen LogP contribution is -2.28. The molecule has 0 fully saturated rings. The van der Waals surface area contributed by atoms with Crippen LogP contribution in [0.2, 0.25) is 0 Å². The van der Waals surface area contributed by atoms with Crippen molar-refractivity contribution in [3.63, 3.8) is 0 Å². The Bertz CT molecular complexity index is 402. The molecule has 3 nitrogen and oxygen atoms in total. The van der Waals surface area contributed by atoms with Crippen molar-refractivity contribution in [2.45, 2.75) is 32.8 Å². The van der Waals surface area contributed by atoms with Crippen LogP contribution in [0.4, 0.5) is 0 Å². The summed E-state index contributed by atoms with van der Waals surface area (Å²) < 4.78 is 6.79. The molecule has 0 unspecified atom stereocenters. The SMILES string of the molecule is CCC(C)(C)Oc1cc(Br)ccc1C(=N)N. The molecule has 0 aliphatic rings. The first-order chi connectivity index (χ1) is 7.35. The Morgan fingerprint density at radius 2 is 2.12 bits per heavy atom. The van der Waals surface area contributed by atoms with Gasteiger partial charge in [-0.15, -0.1) is 0 Å². The minimum Gasteiger partial charge on any atom is -0.487 e. The molecule has 0 saturated heterocycles. The van der Waals surface area contributed by atoms with Gasteiger partial charge >= 0.3 is 0 Å². The summed E-state index contributed by atoms with van der Waals surface area (Å²) >= 11 is 3.38. The summed E-state index contributed by atoms with van der Waals surface area (Å²) in [5.74, 6) is 0.670. The molecule has 16 heavy (non-hydrogen) atoms. The van der Waals surface area contributed by atoms with Crippen molar-refractivity contribution in [1.82, 2.24) is 0 Å². The maximum atomic E-state index is 7.49. The molecule has 4 heteroatoms. The number of amidine groups is 1. The Morgan fingerprint density at radius 3 is 2.62 bits per heavy atom. The summed E-state index contributed by atoms with van der Waals surface area (Å²) in [7, 11) is 0. The van der Waals surface area contributed by atoms with Gasteiger partial charge in [0.1, 0.15) is 17.2 Å². The Balaban J connectivity index is 3.10. The maximum Gasteiger partial charge on any atom is 0.132 e. The average Bonchev–Trinajstić information content (AvgIpc) is 2.16. The van der Waals surface area contributed by atoms with E-state index in [4.69, 9.17) is 15.9 Å². The molecule has 1 aromatic carbocycles. The number of halogens is 1. The van der Waals surface area contributed by atoms with Crippen molar-refractivity contribution in [2.24, 2.45) is 5.73 Å². The van der Waals surface area contributed by atoms with Crippen molar-refractivity contribution < 1.29 is 4.74 Å². The smallest absolute Gasteiger partial charge is 0.132 e. The van der Waals surface area contributed by atoms with Crippen LogP contribution in [0.5, 0.6) is 5.75 Å². The Morgan fingerprint density at radius 1 is 1.50 bits per heavy atom. The minimum absolute atomic E-state index is 0.0226. The van der Waals surface area contributed by atoms with Crippen molar-refractivity contribution in [2.75, 3.05) is 0 Å². The summed E-state index contributed by atoms with van der Waals surface area (Å²) in [5, 5.41) is 7.49. The van der Waals surface area contributed by atoms with E-state index in [0.29, 0.717) is 11.3 Å². The first kappa shape index (κ1) is 13.0. The van der Waals surface area contributed by atoms with Gasteiger partial charge in [0, 0.05) is 4.47 Å². The molecule has 0 heterocycles. The number of rotatable bonds is 4. The molecule has 3 N–H and O–H groups in total. The summed E-state index contributed by atoms with van der Waals surface area (Å²) in [6.07, 6.45) is 0.886. The maximum absolute atomic E-state index is 7.49.